The van der Waals surface area contributed by atoms with Gasteiger partial charge in [-0.15, -0.1) is 0 Å². The first kappa shape index (κ1) is 18.3. The SMILES string of the molecule is O=C(O)C1C2CCC(C1C(=O)O)N(S(=O)(=O)c1cccc([N+](=O)[O-])c1)C2. The van der Waals surface area contributed by atoms with E-state index in [1.54, 1.807) is 0 Å². The van der Waals surface area contributed by atoms with E-state index in [0.29, 0.717) is 6.42 Å². The van der Waals surface area contributed by atoms with Crippen molar-refractivity contribution in [1.29, 1.82) is 0 Å². The number of carbonyl (C=O) groups is 2. The van der Waals surface area contributed by atoms with Crippen LogP contribution in [0.5, 0.6) is 0 Å². The standard InChI is InChI=1S/C15H16N2O8S/c18-14(19)12-8-4-5-11(13(12)15(20)21)16(7-8)26(24,25)10-3-1-2-9(6-10)17(22)23/h1-3,6,8,11-13H,4-5,7H2,(H,18,19)(H,20,21). The molecule has 3 fully saturated rings. The van der Waals surface area contributed by atoms with Gasteiger partial charge in [0, 0.05) is 24.7 Å². The maximum absolute atomic E-state index is 13.0. The van der Waals surface area contributed by atoms with Crippen LogP contribution < -0.4 is 0 Å². The number of rotatable bonds is 5. The highest BCUT2D eigenvalue weighted by atomic mass is 32.2. The molecule has 11 heteroatoms. The summed E-state index contributed by atoms with van der Waals surface area (Å²) in [6.45, 7) is -0.115. The molecule has 10 nitrogen and oxygen atoms in total. The van der Waals surface area contributed by atoms with Gasteiger partial charge in [-0.05, 0) is 24.8 Å². The Hall–Kier alpha value is -2.53. The first-order valence-corrected chi connectivity index (χ1v) is 9.30. The van der Waals surface area contributed by atoms with Crippen LogP contribution in [0.4, 0.5) is 5.69 Å². The minimum absolute atomic E-state index is 0.115. The predicted octanol–water partition coefficient (Wildman–Crippen LogP) is 0.779. The number of nitro groups is 1. The zero-order valence-corrected chi connectivity index (χ0v) is 14.2. The summed E-state index contributed by atoms with van der Waals surface area (Å²) in [5, 5.41) is 29.8. The fraction of sp³-hybridized carbons (Fsp3) is 0.467. The number of hydrogen-bond acceptors (Lipinski definition) is 6. The van der Waals surface area contributed by atoms with Crippen molar-refractivity contribution < 1.29 is 33.1 Å². The number of nitrogens with zero attached hydrogens (tertiary/aromatic N) is 2. The second kappa shape index (κ2) is 6.32. The van der Waals surface area contributed by atoms with E-state index in [2.05, 4.69) is 0 Å². The lowest BCUT2D eigenvalue weighted by atomic mass is 9.66. The Bertz CT molecular complexity index is 883. The number of piperidine rings is 2. The summed E-state index contributed by atoms with van der Waals surface area (Å²) in [5.74, 6) is -5.73. The van der Waals surface area contributed by atoms with Gasteiger partial charge >= 0.3 is 11.9 Å². The summed E-state index contributed by atoms with van der Waals surface area (Å²) in [7, 11) is -4.19. The second-order valence-corrected chi connectivity index (χ2v) is 8.35. The number of aliphatic carboxylic acids is 2. The average Bonchev–Trinajstić information content (AvgIpc) is 2.61. The van der Waals surface area contributed by atoms with Crippen molar-refractivity contribution in [2.45, 2.75) is 23.8 Å². The fourth-order valence-corrected chi connectivity index (χ4v) is 5.79. The number of benzene rings is 1. The fourth-order valence-electron chi connectivity index (χ4n) is 4.01. The van der Waals surface area contributed by atoms with Gasteiger partial charge in [0.1, 0.15) is 0 Å². The van der Waals surface area contributed by atoms with Crippen LogP contribution in [0.25, 0.3) is 0 Å². The van der Waals surface area contributed by atoms with Crippen LogP contribution in [-0.2, 0) is 19.6 Å². The average molecular weight is 384 g/mol. The maximum atomic E-state index is 13.0. The number of fused-ring (bicyclic) bond motifs is 3. The van der Waals surface area contributed by atoms with Crippen molar-refractivity contribution in [1.82, 2.24) is 4.31 Å². The highest BCUT2D eigenvalue weighted by molar-refractivity contribution is 7.89. The van der Waals surface area contributed by atoms with Crippen molar-refractivity contribution in [3.63, 3.8) is 0 Å². The molecule has 2 saturated heterocycles. The Labute approximate surface area is 148 Å². The first-order valence-electron chi connectivity index (χ1n) is 7.86. The molecule has 0 aromatic heterocycles. The Kier molecular flexibility index (Phi) is 4.44. The maximum Gasteiger partial charge on any atom is 0.309 e. The summed E-state index contributed by atoms with van der Waals surface area (Å²) in [4.78, 5) is 33.0. The van der Waals surface area contributed by atoms with Crippen molar-refractivity contribution >= 4 is 27.6 Å². The van der Waals surface area contributed by atoms with Gasteiger partial charge in [0.2, 0.25) is 10.0 Å². The zero-order valence-electron chi connectivity index (χ0n) is 13.4. The van der Waals surface area contributed by atoms with Crippen LogP contribution in [0.1, 0.15) is 12.8 Å². The monoisotopic (exact) mass is 384 g/mol. The molecule has 1 saturated carbocycles. The van der Waals surface area contributed by atoms with Crippen LogP contribution in [0.15, 0.2) is 29.2 Å². The van der Waals surface area contributed by atoms with Crippen molar-refractivity contribution in [2.75, 3.05) is 6.54 Å². The number of carboxylic acids is 2. The third kappa shape index (κ3) is 2.82. The Balaban J connectivity index is 2.02. The number of carboxylic acid groups (broad SMARTS) is 2. The van der Waals surface area contributed by atoms with E-state index in [1.807, 2.05) is 0 Å². The van der Waals surface area contributed by atoms with E-state index in [0.717, 1.165) is 16.4 Å². The lowest BCUT2D eigenvalue weighted by molar-refractivity contribution is -0.385. The summed E-state index contributed by atoms with van der Waals surface area (Å²) in [6, 6.07) is 3.52. The van der Waals surface area contributed by atoms with Crippen LogP contribution >= 0.6 is 0 Å². The minimum atomic E-state index is -4.19. The van der Waals surface area contributed by atoms with Gasteiger partial charge < -0.3 is 10.2 Å². The van der Waals surface area contributed by atoms with E-state index < -0.39 is 56.4 Å². The van der Waals surface area contributed by atoms with Gasteiger partial charge in [-0.25, -0.2) is 8.42 Å². The molecule has 4 atom stereocenters. The molecule has 2 heterocycles. The van der Waals surface area contributed by atoms with Crippen LogP contribution in [0.2, 0.25) is 0 Å². The van der Waals surface area contributed by atoms with Crippen LogP contribution in [0.3, 0.4) is 0 Å². The Morgan fingerprint density at radius 1 is 1.15 bits per heavy atom. The van der Waals surface area contributed by atoms with Gasteiger partial charge in [0.25, 0.3) is 5.69 Å². The van der Waals surface area contributed by atoms with Crippen molar-refractivity contribution in [3.05, 3.63) is 34.4 Å². The molecule has 26 heavy (non-hydrogen) atoms. The summed E-state index contributed by atoms with van der Waals surface area (Å²) in [6.07, 6.45) is 0.659. The Morgan fingerprint density at radius 3 is 2.38 bits per heavy atom. The van der Waals surface area contributed by atoms with Gasteiger partial charge in [-0.1, -0.05) is 6.07 Å². The number of hydrogen-bond donors (Lipinski definition) is 2. The molecule has 2 bridgehead atoms. The van der Waals surface area contributed by atoms with E-state index in [-0.39, 0.29) is 17.9 Å². The van der Waals surface area contributed by atoms with Crippen LogP contribution in [0, 0.1) is 27.9 Å². The number of non-ortho nitro benzene ring substituents is 1. The molecule has 4 unspecified atom stereocenters. The topological polar surface area (TPSA) is 155 Å². The van der Waals surface area contributed by atoms with Gasteiger partial charge in [-0.2, -0.15) is 4.31 Å². The highest BCUT2D eigenvalue weighted by Crippen LogP contribution is 2.45. The van der Waals surface area contributed by atoms with E-state index in [9.17, 15) is 38.3 Å². The molecule has 0 radical (unpaired) electrons. The van der Waals surface area contributed by atoms with E-state index in [4.69, 9.17) is 0 Å². The van der Waals surface area contributed by atoms with E-state index in [1.165, 1.54) is 12.1 Å². The quantitative estimate of drug-likeness (QED) is 0.557. The molecule has 2 N–H and O–H groups in total. The molecule has 1 aromatic carbocycles. The summed E-state index contributed by atoms with van der Waals surface area (Å²) < 4.78 is 26.9. The van der Waals surface area contributed by atoms with Gasteiger partial charge in [0.05, 0.1) is 21.7 Å². The molecular weight excluding hydrogens is 368 g/mol. The van der Waals surface area contributed by atoms with Gasteiger partial charge in [0.15, 0.2) is 0 Å². The van der Waals surface area contributed by atoms with Crippen molar-refractivity contribution in [3.8, 4) is 0 Å². The Morgan fingerprint density at radius 2 is 1.81 bits per heavy atom. The largest absolute Gasteiger partial charge is 0.481 e. The molecule has 140 valence electrons. The third-order valence-corrected chi connectivity index (χ3v) is 7.02. The first-order chi connectivity index (χ1) is 12.1. The molecule has 0 amide bonds. The minimum Gasteiger partial charge on any atom is -0.481 e. The number of nitro benzene ring substituents is 1. The third-order valence-electron chi connectivity index (χ3n) is 5.13. The zero-order chi connectivity index (χ0) is 19.2. The highest BCUT2D eigenvalue weighted by Gasteiger charge is 2.56. The molecular formula is C15H16N2O8S. The molecule has 1 aliphatic carbocycles. The summed E-state index contributed by atoms with van der Waals surface area (Å²) in [5.41, 5.74) is -0.397. The normalized spacial score (nSPS) is 28.6. The second-order valence-electron chi connectivity index (χ2n) is 6.46. The smallest absolute Gasteiger partial charge is 0.309 e. The van der Waals surface area contributed by atoms with E-state index >= 15 is 0 Å². The molecule has 0 spiro atoms. The van der Waals surface area contributed by atoms with Crippen LogP contribution in [-0.4, -0.2) is 52.4 Å². The molecule has 3 aliphatic rings. The predicted molar refractivity (Wildman–Crippen MR) is 85.8 cm³/mol. The van der Waals surface area contributed by atoms with Gasteiger partial charge in [-0.3, -0.25) is 19.7 Å². The molecule has 2 aliphatic heterocycles. The summed E-state index contributed by atoms with van der Waals surface area (Å²) >= 11 is 0. The van der Waals surface area contributed by atoms with Crippen molar-refractivity contribution in [2.24, 2.45) is 17.8 Å². The lowest BCUT2D eigenvalue weighted by Crippen LogP contribution is -2.62. The molecule has 4 rings (SSSR count). The molecule has 1 aromatic rings. The lowest BCUT2D eigenvalue weighted by Gasteiger charge is -2.50. The number of sulfonamides is 1.